The highest BCUT2D eigenvalue weighted by Crippen LogP contribution is 2.21. The van der Waals surface area contributed by atoms with Gasteiger partial charge in [0.1, 0.15) is 5.69 Å². The first-order chi connectivity index (χ1) is 17.3. The van der Waals surface area contributed by atoms with Gasteiger partial charge in [0.15, 0.2) is 6.04 Å². The number of nitrogens with zero attached hydrogens (tertiary/aromatic N) is 3. The number of nitrogens with one attached hydrogen (secondary N) is 3. The van der Waals surface area contributed by atoms with Gasteiger partial charge in [0, 0.05) is 28.6 Å². The van der Waals surface area contributed by atoms with Crippen molar-refractivity contribution in [2.45, 2.75) is 13.0 Å². The van der Waals surface area contributed by atoms with Crippen molar-refractivity contribution in [1.29, 1.82) is 0 Å². The predicted molar refractivity (Wildman–Crippen MR) is 133 cm³/mol. The molecule has 0 aliphatic heterocycles. The Bertz CT molecular complexity index is 1550. The lowest BCUT2D eigenvalue weighted by atomic mass is 10.0. The van der Waals surface area contributed by atoms with Crippen LogP contribution in [0.5, 0.6) is 0 Å². The fourth-order valence-electron chi connectivity index (χ4n) is 3.53. The zero-order valence-electron chi connectivity index (χ0n) is 19.0. The summed E-state index contributed by atoms with van der Waals surface area (Å²) in [6.07, 6.45) is 1.27. The number of carbonyl (C=O) groups is 2. The highest BCUT2D eigenvalue weighted by molar-refractivity contribution is 5.99. The molecule has 4 rings (SSSR count). The first-order valence-corrected chi connectivity index (χ1v) is 10.8. The average Bonchev–Trinajstić information content (AvgIpc) is 2.89. The van der Waals surface area contributed by atoms with Crippen LogP contribution in [-0.2, 0) is 4.79 Å². The smallest absolute Gasteiger partial charge is 0.272 e. The van der Waals surface area contributed by atoms with Gasteiger partial charge in [-0.2, -0.15) is 10.2 Å². The highest BCUT2D eigenvalue weighted by Gasteiger charge is 2.27. The van der Waals surface area contributed by atoms with Gasteiger partial charge in [0.05, 0.1) is 16.5 Å². The zero-order chi connectivity index (χ0) is 25.7. The van der Waals surface area contributed by atoms with Gasteiger partial charge in [-0.1, -0.05) is 42.5 Å². The van der Waals surface area contributed by atoms with Crippen LogP contribution >= 0.6 is 0 Å². The van der Waals surface area contributed by atoms with Gasteiger partial charge in [-0.05, 0) is 30.7 Å². The molecule has 3 aromatic carbocycles. The van der Waals surface area contributed by atoms with Crippen molar-refractivity contribution in [3.63, 3.8) is 0 Å². The number of benzene rings is 3. The Hall–Kier alpha value is -5.19. The summed E-state index contributed by atoms with van der Waals surface area (Å²) in [4.78, 5) is 48.9. The van der Waals surface area contributed by atoms with Crippen LogP contribution in [0, 0.1) is 17.0 Å². The van der Waals surface area contributed by atoms with Crippen molar-refractivity contribution in [3.8, 4) is 0 Å². The third-order valence-electron chi connectivity index (χ3n) is 5.42. The van der Waals surface area contributed by atoms with E-state index in [2.05, 4.69) is 26.0 Å². The Balaban J connectivity index is 1.67. The van der Waals surface area contributed by atoms with E-state index in [1.54, 1.807) is 67.6 Å². The molecule has 0 aliphatic carbocycles. The molecule has 1 aromatic heterocycles. The van der Waals surface area contributed by atoms with E-state index < -0.39 is 28.3 Å². The predicted octanol–water partition coefficient (Wildman–Crippen LogP) is 2.76. The van der Waals surface area contributed by atoms with Crippen LogP contribution in [0.4, 0.5) is 5.69 Å². The fourth-order valence-corrected chi connectivity index (χ4v) is 3.53. The quantitative estimate of drug-likeness (QED) is 0.208. The van der Waals surface area contributed by atoms with Gasteiger partial charge < -0.3 is 5.32 Å². The molecule has 11 heteroatoms. The van der Waals surface area contributed by atoms with Crippen molar-refractivity contribution >= 4 is 34.5 Å². The number of amides is 2. The molecule has 180 valence electrons. The second kappa shape index (κ2) is 10.4. The lowest BCUT2D eigenvalue weighted by Crippen LogP contribution is -2.40. The Kier molecular flexibility index (Phi) is 6.91. The number of H-pyrrole nitrogens is 1. The normalized spacial score (nSPS) is 11.8. The second-order valence-electron chi connectivity index (χ2n) is 7.79. The summed E-state index contributed by atoms with van der Waals surface area (Å²) in [5, 5.41) is 24.7. The minimum atomic E-state index is -1.32. The number of nitro groups is 1. The fraction of sp³-hybridized carbons (Fsp3) is 0.0800. The molecule has 36 heavy (non-hydrogen) atoms. The van der Waals surface area contributed by atoms with Gasteiger partial charge in [0.2, 0.25) is 0 Å². The van der Waals surface area contributed by atoms with Gasteiger partial charge in [-0.15, -0.1) is 0 Å². The largest absolute Gasteiger partial charge is 0.335 e. The molecule has 1 unspecified atom stereocenters. The van der Waals surface area contributed by atoms with Crippen LogP contribution < -0.4 is 16.3 Å². The Morgan fingerprint density at radius 1 is 1.06 bits per heavy atom. The molecule has 2 amide bonds. The zero-order valence-corrected chi connectivity index (χ0v) is 19.0. The number of nitro benzene ring substituents is 1. The number of fused-ring (bicyclic) bond motifs is 1. The maximum Gasteiger partial charge on any atom is 0.272 e. The minimum absolute atomic E-state index is 0.119. The van der Waals surface area contributed by atoms with Crippen LogP contribution in [0.3, 0.4) is 0 Å². The van der Waals surface area contributed by atoms with Gasteiger partial charge in [-0.25, -0.2) is 10.5 Å². The van der Waals surface area contributed by atoms with Crippen LogP contribution in [0.2, 0.25) is 0 Å². The third kappa shape index (κ3) is 5.14. The van der Waals surface area contributed by atoms with Crippen LogP contribution in [0.15, 0.2) is 82.7 Å². The summed E-state index contributed by atoms with van der Waals surface area (Å²) >= 11 is 0. The number of aromatic nitrogens is 2. The molecule has 0 fully saturated rings. The summed E-state index contributed by atoms with van der Waals surface area (Å²) in [5.41, 5.74) is 3.37. The van der Waals surface area contributed by atoms with Gasteiger partial charge in [-0.3, -0.25) is 24.5 Å². The van der Waals surface area contributed by atoms with E-state index in [-0.39, 0.29) is 11.4 Å². The maximum absolute atomic E-state index is 13.2. The molecule has 0 aliphatic rings. The Labute approximate surface area is 204 Å². The van der Waals surface area contributed by atoms with Crippen LogP contribution in [0.1, 0.15) is 33.2 Å². The summed E-state index contributed by atoms with van der Waals surface area (Å²) < 4.78 is 0. The highest BCUT2D eigenvalue weighted by atomic mass is 16.6. The van der Waals surface area contributed by atoms with E-state index in [1.165, 1.54) is 18.3 Å². The second-order valence-corrected chi connectivity index (χ2v) is 7.79. The molecular formula is C25H20N6O5. The topological polar surface area (TPSA) is 159 Å². The number of aryl methyl sites for hydroxylation is 1. The SMILES string of the molecule is Cc1ccc([N+](=O)[O-])cc1C=NNC(=O)C(NC(=O)c1ccccc1)c1n[nH]c(=O)c2ccccc12. The number of hydrogen-bond acceptors (Lipinski definition) is 7. The molecule has 0 spiro atoms. The van der Waals surface area contributed by atoms with E-state index in [1.807, 2.05) is 0 Å². The summed E-state index contributed by atoms with van der Waals surface area (Å²) in [7, 11) is 0. The lowest BCUT2D eigenvalue weighted by molar-refractivity contribution is -0.384. The van der Waals surface area contributed by atoms with Crippen molar-refractivity contribution < 1.29 is 14.5 Å². The van der Waals surface area contributed by atoms with Crippen molar-refractivity contribution in [2.24, 2.45) is 5.10 Å². The molecule has 0 saturated heterocycles. The van der Waals surface area contributed by atoms with Crippen molar-refractivity contribution in [3.05, 3.63) is 116 Å². The first kappa shape index (κ1) is 24.0. The van der Waals surface area contributed by atoms with E-state index in [4.69, 9.17) is 0 Å². The molecule has 0 radical (unpaired) electrons. The van der Waals surface area contributed by atoms with E-state index >= 15 is 0 Å². The third-order valence-corrected chi connectivity index (χ3v) is 5.42. The standard InChI is InChI=1S/C25H20N6O5/c1-15-11-12-18(31(35)36)13-17(15)14-26-29-25(34)22(27-23(32)16-7-3-2-4-8-16)21-19-9-5-6-10-20(19)24(33)30-28-21/h2-14,22H,1H3,(H,27,32)(H,29,34)(H,30,33). The number of carbonyl (C=O) groups excluding carboxylic acids is 2. The van der Waals surface area contributed by atoms with Crippen LogP contribution in [0.25, 0.3) is 10.8 Å². The Morgan fingerprint density at radius 2 is 1.75 bits per heavy atom. The molecule has 1 atom stereocenters. The Morgan fingerprint density at radius 3 is 2.47 bits per heavy atom. The van der Waals surface area contributed by atoms with E-state index in [0.717, 1.165) is 0 Å². The molecule has 1 heterocycles. The number of rotatable bonds is 7. The molecule has 3 N–H and O–H groups in total. The number of hydrazone groups is 1. The number of hydrogen-bond donors (Lipinski definition) is 3. The van der Waals surface area contributed by atoms with Crippen molar-refractivity contribution in [2.75, 3.05) is 0 Å². The molecule has 11 nitrogen and oxygen atoms in total. The summed E-state index contributed by atoms with van der Waals surface area (Å²) in [6.45, 7) is 1.74. The van der Waals surface area contributed by atoms with E-state index in [9.17, 15) is 24.5 Å². The summed E-state index contributed by atoms with van der Waals surface area (Å²) in [5.74, 6) is -1.27. The molecule has 0 bridgehead atoms. The van der Waals surface area contributed by atoms with Gasteiger partial charge >= 0.3 is 0 Å². The number of aromatic amines is 1. The summed E-state index contributed by atoms with van der Waals surface area (Å²) in [6, 6.07) is 17.8. The number of non-ortho nitro benzene ring substituents is 1. The molecule has 0 saturated carbocycles. The average molecular weight is 484 g/mol. The lowest BCUT2D eigenvalue weighted by Gasteiger charge is -2.18. The van der Waals surface area contributed by atoms with E-state index in [0.29, 0.717) is 27.5 Å². The maximum atomic E-state index is 13.2. The van der Waals surface area contributed by atoms with Crippen LogP contribution in [-0.4, -0.2) is 33.1 Å². The monoisotopic (exact) mass is 484 g/mol. The van der Waals surface area contributed by atoms with Gasteiger partial charge in [0.25, 0.3) is 23.1 Å². The molecular weight excluding hydrogens is 464 g/mol. The van der Waals surface area contributed by atoms with Crippen molar-refractivity contribution in [1.82, 2.24) is 20.9 Å². The minimum Gasteiger partial charge on any atom is -0.335 e. The molecule has 4 aromatic rings. The first-order valence-electron chi connectivity index (χ1n) is 10.8.